The number of hydrogen-bond acceptors (Lipinski definition) is 8. The third-order valence-electron chi connectivity index (χ3n) is 5.57. The average Bonchev–Trinajstić information content (AvgIpc) is 3.07. The van der Waals surface area contributed by atoms with Gasteiger partial charge in [0.25, 0.3) is 0 Å². The lowest BCUT2D eigenvalue weighted by Gasteiger charge is -2.33. The van der Waals surface area contributed by atoms with Crippen molar-refractivity contribution in [3.8, 4) is 0 Å². The number of rotatable bonds is 13. The number of nitrogens with zero attached hydrogens (tertiary/aromatic N) is 1. The summed E-state index contributed by atoms with van der Waals surface area (Å²) in [5, 5.41) is 2.43. The van der Waals surface area contributed by atoms with Gasteiger partial charge in [0.15, 0.2) is 0 Å². The first-order valence-corrected chi connectivity index (χ1v) is 15.1. The molecule has 2 aromatic rings. The van der Waals surface area contributed by atoms with E-state index in [1.807, 2.05) is 0 Å². The molecule has 1 fully saturated rings. The second-order valence-corrected chi connectivity index (χ2v) is 12.5. The van der Waals surface area contributed by atoms with Crippen LogP contribution in [0, 0.1) is 5.92 Å². The minimum atomic E-state index is -5.27. The van der Waals surface area contributed by atoms with Crippen LogP contribution in [0.25, 0.3) is 0 Å². The van der Waals surface area contributed by atoms with Crippen LogP contribution in [0.5, 0.6) is 0 Å². The number of ether oxygens (including phenoxy) is 2. The van der Waals surface area contributed by atoms with E-state index in [0.29, 0.717) is 11.3 Å². The smallest absolute Gasteiger partial charge is 0.444 e. The van der Waals surface area contributed by atoms with Gasteiger partial charge in [-0.1, -0.05) is 44.2 Å². The van der Waals surface area contributed by atoms with E-state index >= 15 is 0 Å². The molecule has 1 aliphatic rings. The fourth-order valence-electron chi connectivity index (χ4n) is 3.87. The molecule has 2 aromatic carbocycles. The number of phosphoric ester groups is 1. The minimum absolute atomic E-state index is 0.0784. The zero-order valence-corrected chi connectivity index (χ0v) is 23.2. The molecule has 14 heteroatoms. The number of sulfonamides is 1. The largest absolute Gasteiger partial charge is 0.469 e. The third kappa shape index (κ3) is 9.87. The first kappa shape index (κ1) is 25.5. The lowest BCUT2D eigenvalue weighted by molar-refractivity contribution is 0.0601. The van der Waals surface area contributed by atoms with Crippen LogP contribution in [0.2, 0.25) is 0 Å². The number of anilines is 1. The number of amides is 1. The molecule has 1 aliphatic heterocycles. The first-order valence-electron chi connectivity index (χ1n) is 14.1. The summed E-state index contributed by atoms with van der Waals surface area (Å²) in [7, 11) is -9.52. The van der Waals surface area contributed by atoms with Crippen LogP contribution in [0.1, 0.15) is 31.3 Å². The number of nitrogens with two attached hydrogens (primary N) is 1. The van der Waals surface area contributed by atoms with E-state index in [1.165, 1.54) is 24.3 Å². The highest BCUT2D eigenvalue weighted by atomic mass is 32.2. The molecular weight excluding hydrogens is 549 g/mol. The Morgan fingerprint density at radius 3 is 2.44 bits per heavy atom. The number of phosphoric acid groups is 1. The van der Waals surface area contributed by atoms with Crippen molar-refractivity contribution in [2.24, 2.45) is 5.92 Å². The maximum absolute atomic E-state index is 13.7. The van der Waals surface area contributed by atoms with Crippen LogP contribution in [0.3, 0.4) is 0 Å². The number of carbonyl (C=O) groups is 1. The maximum atomic E-state index is 13.7. The summed E-state index contributed by atoms with van der Waals surface area (Å²) in [5.41, 5.74) is 6.62. The van der Waals surface area contributed by atoms with Crippen LogP contribution < -0.4 is 11.1 Å². The Balaban J connectivity index is 1.98. The predicted octanol–water partition coefficient (Wildman–Crippen LogP) is 2.52. The van der Waals surface area contributed by atoms with Crippen molar-refractivity contribution in [1.29, 1.82) is 0 Å². The lowest BCUT2D eigenvalue weighted by atomic mass is 10.0. The predicted molar refractivity (Wildman–Crippen MR) is 144 cm³/mol. The number of nitrogen functional groups attached to an aromatic ring is 1. The standard InChI is InChI=1S/C25H36N3O9PS/c1-18(2)15-28(39(33,34)22-10-8-20(26)9-11-22)16-24(37-38(30,31)32)23(14-19-6-4-3-5-7-19)27-25(29)36-21-12-13-35-17-21/h3-11,18,21,23-24H,12-17,26H2,1-2H3,(H,27,29)(H2,30,31,32)/t21?,23-,24+/m0/s1/i13D2,17D2. The summed E-state index contributed by atoms with van der Waals surface area (Å²) in [5.74, 6) is -0.232. The van der Waals surface area contributed by atoms with Crippen LogP contribution in [0.15, 0.2) is 59.5 Å². The molecule has 0 aliphatic carbocycles. The molecule has 0 spiro atoms. The van der Waals surface area contributed by atoms with Crippen molar-refractivity contribution >= 4 is 29.6 Å². The Bertz CT molecular complexity index is 1400. The second kappa shape index (κ2) is 13.7. The van der Waals surface area contributed by atoms with E-state index in [9.17, 15) is 27.6 Å². The van der Waals surface area contributed by atoms with E-state index in [0.717, 1.165) is 4.31 Å². The first-order chi connectivity index (χ1) is 19.8. The molecule has 1 heterocycles. The number of hydrogen-bond donors (Lipinski definition) is 4. The van der Waals surface area contributed by atoms with Gasteiger partial charge in [-0.25, -0.2) is 17.8 Å². The van der Waals surface area contributed by atoms with Crippen molar-refractivity contribution in [2.45, 2.75) is 49.8 Å². The van der Waals surface area contributed by atoms with Crippen LogP contribution in [-0.2, 0) is 35.0 Å². The summed E-state index contributed by atoms with van der Waals surface area (Å²) in [6, 6.07) is 12.5. The van der Waals surface area contributed by atoms with Crippen molar-refractivity contribution in [2.75, 3.05) is 31.9 Å². The summed E-state index contributed by atoms with van der Waals surface area (Å²) >= 11 is 0. The molecule has 3 atom stereocenters. The molecule has 3 rings (SSSR count). The van der Waals surface area contributed by atoms with Crippen molar-refractivity contribution in [3.63, 3.8) is 0 Å². The SMILES string of the molecule is [2H]C1([2H])CC(OC(=O)N[C@@H](Cc2ccccc2)[C@@H](CN(CC(C)C)S(=O)(=O)c2ccc(N)cc2)OP(=O)(O)O)C([2H])([2H])O1. The van der Waals surface area contributed by atoms with Gasteiger partial charge in [-0.05, 0) is 42.2 Å². The molecule has 5 N–H and O–H groups in total. The summed E-state index contributed by atoms with van der Waals surface area (Å²) < 4.78 is 86.5. The van der Waals surface area contributed by atoms with Gasteiger partial charge in [0, 0.05) is 25.2 Å². The number of nitrogens with one attached hydrogen (secondary N) is 1. The molecule has 1 saturated heterocycles. The molecule has 216 valence electrons. The van der Waals surface area contributed by atoms with Gasteiger partial charge in [0.2, 0.25) is 10.0 Å². The maximum Gasteiger partial charge on any atom is 0.469 e. The monoisotopic (exact) mass is 589 g/mol. The number of benzene rings is 2. The molecule has 0 bridgehead atoms. The normalized spacial score (nSPS) is 21.8. The third-order valence-corrected chi connectivity index (χ3v) is 7.97. The van der Waals surface area contributed by atoms with Gasteiger partial charge in [-0.15, -0.1) is 0 Å². The van der Waals surface area contributed by atoms with Crippen molar-refractivity contribution < 1.29 is 47.0 Å². The lowest BCUT2D eigenvalue weighted by Crippen LogP contribution is -2.52. The summed E-state index contributed by atoms with van der Waals surface area (Å²) in [6.07, 6.45) is -5.26. The Hall–Kier alpha value is -2.51. The Morgan fingerprint density at radius 1 is 1.21 bits per heavy atom. The zero-order chi connectivity index (χ0) is 32.2. The van der Waals surface area contributed by atoms with Crippen LogP contribution in [-0.4, -0.2) is 73.1 Å². The quantitative estimate of drug-likeness (QED) is 0.200. The Kier molecular flexibility index (Phi) is 8.95. The highest BCUT2D eigenvalue weighted by molar-refractivity contribution is 7.89. The van der Waals surface area contributed by atoms with Crippen LogP contribution >= 0.6 is 7.82 Å². The molecule has 12 nitrogen and oxygen atoms in total. The second-order valence-electron chi connectivity index (χ2n) is 9.32. The molecule has 0 radical (unpaired) electrons. The van der Waals surface area contributed by atoms with E-state index in [1.54, 1.807) is 44.2 Å². The van der Waals surface area contributed by atoms with Gasteiger partial charge in [0.1, 0.15) is 12.2 Å². The van der Waals surface area contributed by atoms with E-state index in [-0.39, 0.29) is 23.8 Å². The molecule has 0 aromatic heterocycles. The zero-order valence-electron chi connectivity index (χ0n) is 25.5. The Morgan fingerprint density at radius 2 is 1.87 bits per heavy atom. The molecular formula is C25H36N3O9PS. The summed E-state index contributed by atoms with van der Waals surface area (Å²) in [6.45, 7) is -2.25. The molecule has 0 saturated carbocycles. The van der Waals surface area contributed by atoms with E-state index in [2.05, 4.69) is 5.32 Å². The van der Waals surface area contributed by atoms with Gasteiger partial charge < -0.3 is 30.3 Å². The van der Waals surface area contributed by atoms with Gasteiger partial charge in [-0.3, -0.25) is 4.52 Å². The summed E-state index contributed by atoms with van der Waals surface area (Å²) in [4.78, 5) is 32.5. The van der Waals surface area contributed by atoms with Crippen molar-refractivity contribution in [1.82, 2.24) is 9.62 Å². The average molecular weight is 590 g/mol. The minimum Gasteiger partial charge on any atom is -0.444 e. The molecule has 1 unspecified atom stereocenters. The topological polar surface area (TPSA) is 178 Å². The van der Waals surface area contributed by atoms with Crippen molar-refractivity contribution in [3.05, 3.63) is 60.2 Å². The fraction of sp³-hybridized carbons (Fsp3) is 0.480. The van der Waals surface area contributed by atoms with Crippen LogP contribution in [0.4, 0.5) is 10.5 Å². The van der Waals surface area contributed by atoms with E-state index < -0.39 is 68.3 Å². The van der Waals surface area contributed by atoms with Gasteiger partial charge in [-0.2, -0.15) is 4.31 Å². The number of alkyl carbamates (subject to hydrolysis) is 1. The molecule has 39 heavy (non-hydrogen) atoms. The fourth-order valence-corrected chi connectivity index (χ4v) is 6.05. The molecule has 1 amide bonds. The highest BCUT2D eigenvalue weighted by Crippen LogP contribution is 2.39. The Labute approximate surface area is 234 Å². The highest BCUT2D eigenvalue weighted by Gasteiger charge is 2.37. The van der Waals surface area contributed by atoms with Gasteiger partial charge in [0.05, 0.1) is 29.5 Å². The van der Waals surface area contributed by atoms with E-state index in [4.69, 9.17) is 25.2 Å². The van der Waals surface area contributed by atoms with Gasteiger partial charge >= 0.3 is 13.9 Å². The number of carbonyl (C=O) groups excluding carboxylic acids is 1.